The molecule has 0 aromatic heterocycles. The fraction of sp³-hybridized carbons (Fsp3) is 0.231. The van der Waals surface area contributed by atoms with Crippen molar-refractivity contribution in [1.29, 1.82) is 0 Å². The van der Waals surface area contributed by atoms with Crippen LogP contribution in [0.3, 0.4) is 0 Å². The normalized spacial score (nSPS) is 14.7. The van der Waals surface area contributed by atoms with Gasteiger partial charge in [-0.05, 0) is 53.3 Å². The Morgan fingerprint density at radius 1 is 0.938 bits per heavy atom. The van der Waals surface area contributed by atoms with Gasteiger partial charge in [-0.3, -0.25) is 5.32 Å². The van der Waals surface area contributed by atoms with E-state index in [2.05, 4.69) is 34.5 Å². The predicted octanol–water partition coefficient (Wildman–Crippen LogP) is 5.35. The smallest absolute Gasteiger partial charge is 0.411 e. The van der Waals surface area contributed by atoms with E-state index < -0.39 is 12.1 Å². The summed E-state index contributed by atoms with van der Waals surface area (Å²) in [5, 5.41) is 12.2. The largest absolute Gasteiger partial charge is 0.478 e. The van der Waals surface area contributed by atoms with E-state index in [1.165, 1.54) is 17.2 Å². The van der Waals surface area contributed by atoms with E-state index in [0.29, 0.717) is 5.69 Å². The number of hydrogen-bond donors (Lipinski definition) is 2. The monoisotopic (exact) mass is 428 g/mol. The van der Waals surface area contributed by atoms with Gasteiger partial charge in [-0.2, -0.15) is 0 Å². The van der Waals surface area contributed by atoms with Crippen molar-refractivity contribution in [2.24, 2.45) is 0 Å². The molecule has 0 saturated carbocycles. The number of carboxylic acid groups (broad SMARTS) is 1. The molecule has 0 radical (unpaired) electrons. The molecule has 1 fully saturated rings. The van der Waals surface area contributed by atoms with Crippen molar-refractivity contribution in [3.63, 3.8) is 0 Å². The molecule has 162 valence electrons. The summed E-state index contributed by atoms with van der Waals surface area (Å²) >= 11 is 0. The highest BCUT2D eigenvalue weighted by molar-refractivity contribution is 5.95. The number of fused-ring (bicyclic) bond motifs is 3. The Bertz CT molecular complexity index is 1140. The number of carboxylic acids is 1. The number of nitrogens with one attached hydrogen (secondary N) is 1. The van der Waals surface area contributed by atoms with E-state index in [0.717, 1.165) is 42.7 Å². The number of carbonyl (C=O) groups excluding carboxylic acids is 1. The average Bonchev–Trinajstić information content (AvgIpc) is 3.44. The third kappa shape index (κ3) is 3.68. The minimum absolute atomic E-state index is 0.0310. The van der Waals surface area contributed by atoms with Gasteiger partial charge in [0, 0.05) is 19.0 Å². The lowest BCUT2D eigenvalue weighted by Gasteiger charge is -2.22. The molecule has 0 unspecified atom stereocenters. The Morgan fingerprint density at radius 3 is 2.19 bits per heavy atom. The first kappa shape index (κ1) is 20.1. The van der Waals surface area contributed by atoms with Crippen LogP contribution >= 0.6 is 0 Å². The number of anilines is 2. The van der Waals surface area contributed by atoms with Crippen LogP contribution in [0.15, 0.2) is 66.7 Å². The molecule has 2 N–H and O–H groups in total. The second-order valence-corrected chi connectivity index (χ2v) is 8.18. The van der Waals surface area contributed by atoms with Gasteiger partial charge in [0.25, 0.3) is 0 Å². The fourth-order valence-electron chi connectivity index (χ4n) is 4.75. The Hall–Kier alpha value is -3.80. The van der Waals surface area contributed by atoms with Crippen LogP contribution < -0.4 is 10.2 Å². The molecule has 32 heavy (non-hydrogen) atoms. The highest BCUT2D eigenvalue weighted by Gasteiger charge is 2.29. The van der Waals surface area contributed by atoms with Crippen molar-refractivity contribution >= 4 is 23.4 Å². The summed E-state index contributed by atoms with van der Waals surface area (Å²) in [6.07, 6.45) is 1.56. The quantitative estimate of drug-likeness (QED) is 0.573. The van der Waals surface area contributed by atoms with Crippen LogP contribution in [-0.2, 0) is 4.74 Å². The Morgan fingerprint density at radius 2 is 1.56 bits per heavy atom. The summed E-state index contributed by atoms with van der Waals surface area (Å²) in [7, 11) is 0. The van der Waals surface area contributed by atoms with Gasteiger partial charge in [0.1, 0.15) is 6.61 Å². The van der Waals surface area contributed by atoms with Crippen molar-refractivity contribution in [1.82, 2.24) is 0 Å². The second kappa shape index (κ2) is 8.38. The SMILES string of the molecule is O=C(Nc1cc(C(=O)O)ccc1N1CCCC1)OCC1c2ccccc2-c2ccccc21. The molecule has 0 atom stereocenters. The van der Waals surface area contributed by atoms with Gasteiger partial charge in [-0.15, -0.1) is 0 Å². The zero-order valence-electron chi connectivity index (χ0n) is 17.6. The molecule has 1 aliphatic carbocycles. The summed E-state index contributed by atoms with van der Waals surface area (Å²) in [4.78, 5) is 26.3. The highest BCUT2D eigenvalue weighted by Crippen LogP contribution is 2.44. The van der Waals surface area contributed by atoms with E-state index in [4.69, 9.17) is 4.74 Å². The summed E-state index contributed by atoms with van der Waals surface area (Å²) in [6, 6.07) is 21.2. The van der Waals surface area contributed by atoms with Gasteiger partial charge in [0.05, 0.1) is 16.9 Å². The van der Waals surface area contributed by atoms with Crippen molar-refractivity contribution < 1.29 is 19.4 Å². The fourth-order valence-corrected chi connectivity index (χ4v) is 4.75. The number of nitrogens with zero attached hydrogens (tertiary/aromatic N) is 1. The zero-order chi connectivity index (χ0) is 22.1. The van der Waals surface area contributed by atoms with Crippen LogP contribution in [-0.4, -0.2) is 36.9 Å². The lowest BCUT2D eigenvalue weighted by Crippen LogP contribution is -2.23. The van der Waals surface area contributed by atoms with Crippen LogP contribution in [0, 0.1) is 0 Å². The van der Waals surface area contributed by atoms with Crippen LogP contribution in [0.2, 0.25) is 0 Å². The number of hydrogen-bond acceptors (Lipinski definition) is 4. The van der Waals surface area contributed by atoms with E-state index in [9.17, 15) is 14.7 Å². The molecule has 1 aliphatic heterocycles. The molecule has 6 nitrogen and oxygen atoms in total. The lowest BCUT2D eigenvalue weighted by molar-refractivity contribution is 0.0696. The summed E-state index contributed by atoms with van der Waals surface area (Å²) in [5.74, 6) is -1.06. The Labute approximate surface area is 186 Å². The minimum Gasteiger partial charge on any atom is -0.478 e. The van der Waals surface area contributed by atoms with Gasteiger partial charge in [-0.1, -0.05) is 48.5 Å². The standard InChI is InChI=1S/C26H24N2O4/c29-25(30)17-11-12-24(28-13-5-6-14-28)23(15-17)27-26(31)32-16-22-20-9-3-1-7-18(20)19-8-2-4-10-21(19)22/h1-4,7-12,15,22H,5-6,13-14,16H2,(H,27,31)(H,29,30). The molecule has 5 rings (SSSR count). The molecule has 1 heterocycles. The molecular formula is C26H24N2O4. The van der Waals surface area contributed by atoms with E-state index in [-0.39, 0.29) is 18.1 Å². The third-order valence-electron chi connectivity index (χ3n) is 6.27. The number of benzene rings is 3. The van der Waals surface area contributed by atoms with E-state index in [1.807, 2.05) is 24.3 Å². The number of carbonyl (C=O) groups is 2. The number of amides is 1. The number of aromatic carboxylic acids is 1. The van der Waals surface area contributed by atoms with E-state index in [1.54, 1.807) is 12.1 Å². The van der Waals surface area contributed by atoms with Crippen molar-refractivity contribution in [2.45, 2.75) is 18.8 Å². The molecule has 1 saturated heterocycles. The van der Waals surface area contributed by atoms with E-state index >= 15 is 0 Å². The lowest BCUT2D eigenvalue weighted by atomic mass is 9.98. The van der Waals surface area contributed by atoms with Crippen molar-refractivity contribution in [3.8, 4) is 11.1 Å². The summed E-state index contributed by atoms with van der Waals surface area (Å²) in [5.41, 5.74) is 6.04. The highest BCUT2D eigenvalue weighted by atomic mass is 16.5. The molecule has 0 bridgehead atoms. The Balaban J connectivity index is 1.35. The molecule has 1 amide bonds. The topological polar surface area (TPSA) is 78.9 Å². The molecule has 0 spiro atoms. The number of ether oxygens (including phenoxy) is 1. The molecule has 2 aliphatic rings. The second-order valence-electron chi connectivity index (χ2n) is 8.18. The zero-order valence-corrected chi connectivity index (χ0v) is 17.6. The first-order valence-electron chi connectivity index (χ1n) is 10.9. The summed E-state index contributed by atoms with van der Waals surface area (Å²) < 4.78 is 5.65. The first-order chi connectivity index (χ1) is 15.6. The summed E-state index contributed by atoms with van der Waals surface area (Å²) in [6.45, 7) is 1.97. The molecular weight excluding hydrogens is 404 g/mol. The van der Waals surface area contributed by atoms with Gasteiger partial charge in [0.15, 0.2) is 0 Å². The predicted molar refractivity (Wildman–Crippen MR) is 124 cm³/mol. The average molecular weight is 428 g/mol. The van der Waals surface area contributed by atoms with Crippen molar-refractivity contribution in [2.75, 3.05) is 29.9 Å². The molecule has 3 aromatic rings. The molecule has 3 aromatic carbocycles. The maximum absolute atomic E-state index is 12.7. The van der Waals surface area contributed by atoms with Crippen LogP contribution in [0.4, 0.5) is 16.2 Å². The van der Waals surface area contributed by atoms with Gasteiger partial charge < -0.3 is 14.7 Å². The van der Waals surface area contributed by atoms with Crippen LogP contribution in [0.5, 0.6) is 0 Å². The number of rotatable bonds is 5. The van der Waals surface area contributed by atoms with Gasteiger partial charge in [-0.25, -0.2) is 9.59 Å². The third-order valence-corrected chi connectivity index (χ3v) is 6.27. The maximum Gasteiger partial charge on any atom is 0.411 e. The van der Waals surface area contributed by atoms with Crippen molar-refractivity contribution in [3.05, 3.63) is 83.4 Å². The Kier molecular flexibility index (Phi) is 5.27. The molecule has 6 heteroatoms. The van der Waals surface area contributed by atoms with Gasteiger partial charge >= 0.3 is 12.1 Å². The van der Waals surface area contributed by atoms with Crippen LogP contribution in [0.1, 0.15) is 40.2 Å². The first-order valence-corrected chi connectivity index (χ1v) is 10.9. The maximum atomic E-state index is 12.7. The minimum atomic E-state index is -1.03. The van der Waals surface area contributed by atoms with Gasteiger partial charge in [0.2, 0.25) is 0 Å². The van der Waals surface area contributed by atoms with Crippen LogP contribution in [0.25, 0.3) is 11.1 Å².